The van der Waals surface area contributed by atoms with E-state index in [0.717, 1.165) is 0 Å². The summed E-state index contributed by atoms with van der Waals surface area (Å²) < 4.78 is 0. The first-order valence-corrected chi connectivity index (χ1v) is 10.7. The van der Waals surface area contributed by atoms with E-state index in [0.29, 0.717) is 19.4 Å². The fraction of sp³-hybridized carbons (Fsp3) is 0.667. The number of thiol groups is 1. The second-order valence-corrected chi connectivity index (χ2v) is 7.49. The van der Waals surface area contributed by atoms with Gasteiger partial charge in [0.25, 0.3) is 0 Å². The van der Waals surface area contributed by atoms with Gasteiger partial charge in [0.1, 0.15) is 18.1 Å². The van der Waals surface area contributed by atoms with Crippen LogP contribution in [0, 0.1) is 0 Å². The van der Waals surface area contributed by atoms with Crippen LogP contribution in [0.5, 0.6) is 0 Å². The van der Waals surface area contributed by atoms with E-state index in [4.69, 9.17) is 26.8 Å². The molecular weight excluding hydrogens is 462 g/mol. The fourth-order valence-corrected chi connectivity index (χ4v) is 2.81. The van der Waals surface area contributed by atoms with Gasteiger partial charge in [-0.3, -0.25) is 24.0 Å². The zero-order valence-corrected chi connectivity index (χ0v) is 18.8. The van der Waals surface area contributed by atoms with Crippen LogP contribution in [0.25, 0.3) is 0 Å². The van der Waals surface area contributed by atoms with E-state index in [2.05, 4.69) is 28.6 Å². The van der Waals surface area contributed by atoms with Gasteiger partial charge in [0, 0.05) is 12.2 Å². The number of carboxylic acids is 3. The van der Waals surface area contributed by atoms with E-state index in [1.807, 2.05) is 0 Å². The van der Waals surface area contributed by atoms with Gasteiger partial charge in [-0.05, 0) is 32.2 Å². The molecule has 0 aromatic heterocycles. The van der Waals surface area contributed by atoms with Gasteiger partial charge in [-0.25, -0.2) is 4.79 Å². The zero-order valence-electron chi connectivity index (χ0n) is 17.9. The average Bonchev–Trinajstić information content (AvgIpc) is 2.73. The maximum Gasteiger partial charge on any atom is 0.327 e. The SMILES string of the molecule is NCCCCC(NC(=O)C(CC(=O)O)NC(=O)C(N)CCC(=O)O)C(=O)NC(CS)C(=O)O. The van der Waals surface area contributed by atoms with E-state index >= 15 is 0 Å². The average molecular weight is 494 g/mol. The molecular formula is C18H31N5O9S. The van der Waals surface area contributed by atoms with E-state index in [-0.39, 0.29) is 18.6 Å². The normalized spacial score (nSPS) is 14.3. The van der Waals surface area contributed by atoms with Crippen molar-refractivity contribution in [3.05, 3.63) is 0 Å². The minimum Gasteiger partial charge on any atom is -0.481 e. The molecule has 0 radical (unpaired) electrons. The maximum absolute atomic E-state index is 12.7. The number of nitrogens with two attached hydrogens (primary N) is 2. The molecule has 0 rings (SSSR count). The lowest BCUT2D eigenvalue weighted by Crippen LogP contribution is -2.57. The van der Waals surface area contributed by atoms with Crippen LogP contribution >= 0.6 is 12.6 Å². The lowest BCUT2D eigenvalue weighted by atomic mass is 10.1. The number of carboxylic acid groups (broad SMARTS) is 3. The molecule has 0 aliphatic rings. The lowest BCUT2D eigenvalue weighted by molar-refractivity contribution is -0.143. The number of nitrogens with one attached hydrogen (secondary N) is 3. The van der Waals surface area contributed by atoms with Crippen LogP contribution in [0.15, 0.2) is 0 Å². The van der Waals surface area contributed by atoms with Gasteiger partial charge in [0.15, 0.2) is 0 Å². The molecule has 0 spiro atoms. The van der Waals surface area contributed by atoms with Gasteiger partial charge >= 0.3 is 17.9 Å². The Morgan fingerprint density at radius 2 is 1.30 bits per heavy atom. The van der Waals surface area contributed by atoms with Crippen molar-refractivity contribution in [2.45, 2.75) is 62.7 Å². The van der Waals surface area contributed by atoms with Crippen molar-refractivity contribution in [2.75, 3.05) is 12.3 Å². The molecule has 0 aliphatic heterocycles. The lowest BCUT2D eigenvalue weighted by Gasteiger charge is -2.24. The molecule has 4 unspecified atom stereocenters. The van der Waals surface area contributed by atoms with Crippen LogP contribution in [0.3, 0.4) is 0 Å². The minimum atomic E-state index is -1.61. The standard InChI is InChI=1S/C18H31N5O9S/c19-6-2-1-3-10(16(29)23-12(8-33)18(31)32)21-17(30)11(7-14(26)27)22-15(28)9(20)4-5-13(24)25/h9-12,33H,1-8,19-20H2,(H,21,30)(H,22,28)(H,23,29)(H,24,25)(H,26,27)(H,31,32). The van der Waals surface area contributed by atoms with Crippen LogP contribution in [-0.2, 0) is 28.8 Å². The van der Waals surface area contributed by atoms with Crippen LogP contribution in [0.2, 0.25) is 0 Å². The van der Waals surface area contributed by atoms with Gasteiger partial charge in [-0.15, -0.1) is 0 Å². The molecule has 0 aliphatic carbocycles. The Balaban J connectivity index is 5.41. The number of carbonyl (C=O) groups is 6. The summed E-state index contributed by atoms with van der Waals surface area (Å²) in [6.07, 6.45) is -0.531. The topological polar surface area (TPSA) is 251 Å². The number of amides is 3. The Labute approximate surface area is 195 Å². The molecule has 10 N–H and O–H groups in total. The third kappa shape index (κ3) is 12.6. The second-order valence-electron chi connectivity index (χ2n) is 7.13. The maximum atomic E-state index is 12.7. The largest absolute Gasteiger partial charge is 0.481 e. The van der Waals surface area contributed by atoms with Crippen LogP contribution in [-0.4, -0.2) is 87.4 Å². The smallest absolute Gasteiger partial charge is 0.327 e. The van der Waals surface area contributed by atoms with Gasteiger partial charge in [-0.2, -0.15) is 12.6 Å². The molecule has 188 valence electrons. The number of carbonyl (C=O) groups excluding carboxylic acids is 3. The molecule has 14 nitrogen and oxygen atoms in total. The molecule has 0 saturated heterocycles. The fourth-order valence-electron chi connectivity index (χ4n) is 2.56. The van der Waals surface area contributed by atoms with Gasteiger partial charge in [-0.1, -0.05) is 0 Å². The Kier molecular flexibility index (Phi) is 14.4. The van der Waals surface area contributed by atoms with E-state index in [1.54, 1.807) is 0 Å². The molecule has 4 atom stereocenters. The summed E-state index contributed by atoms with van der Waals surface area (Å²) in [4.78, 5) is 70.3. The van der Waals surface area contributed by atoms with Crippen molar-refractivity contribution >= 4 is 48.3 Å². The number of rotatable bonds is 17. The van der Waals surface area contributed by atoms with Crippen LogP contribution in [0.1, 0.15) is 38.5 Å². The third-order valence-electron chi connectivity index (χ3n) is 4.39. The van der Waals surface area contributed by atoms with Gasteiger partial charge < -0.3 is 42.7 Å². The van der Waals surface area contributed by atoms with Crippen molar-refractivity contribution in [1.82, 2.24) is 16.0 Å². The molecule has 0 bridgehead atoms. The van der Waals surface area contributed by atoms with Crippen molar-refractivity contribution in [2.24, 2.45) is 11.5 Å². The molecule has 0 aromatic carbocycles. The van der Waals surface area contributed by atoms with E-state index in [9.17, 15) is 28.8 Å². The molecule has 33 heavy (non-hydrogen) atoms. The first-order chi connectivity index (χ1) is 15.4. The third-order valence-corrected chi connectivity index (χ3v) is 4.76. The predicted molar refractivity (Wildman–Crippen MR) is 117 cm³/mol. The summed E-state index contributed by atoms with van der Waals surface area (Å²) in [6, 6.07) is -5.48. The van der Waals surface area contributed by atoms with Crippen molar-refractivity contribution < 1.29 is 44.1 Å². The molecule has 3 amide bonds. The number of hydrogen-bond donors (Lipinski definition) is 9. The first kappa shape index (κ1) is 30.1. The molecule has 15 heteroatoms. The summed E-state index contributed by atoms with van der Waals surface area (Å²) in [5.41, 5.74) is 11.0. The van der Waals surface area contributed by atoms with Gasteiger partial charge in [0.05, 0.1) is 12.5 Å². The Morgan fingerprint density at radius 1 is 0.758 bits per heavy atom. The van der Waals surface area contributed by atoms with Gasteiger partial charge in [0.2, 0.25) is 17.7 Å². The highest BCUT2D eigenvalue weighted by molar-refractivity contribution is 7.80. The first-order valence-electron chi connectivity index (χ1n) is 10.1. The summed E-state index contributed by atoms with van der Waals surface area (Å²) in [5, 5.41) is 33.5. The van der Waals surface area contributed by atoms with E-state index < -0.39 is 72.6 Å². The number of unbranched alkanes of at least 4 members (excludes halogenated alkanes) is 1. The highest BCUT2D eigenvalue weighted by atomic mass is 32.1. The van der Waals surface area contributed by atoms with Crippen LogP contribution < -0.4 is 27.4 Å². The highest BCUT2D eigenvalue weighted by Crippen LogP contribution is 2.05. The number of aliphatic carboxylic acids is 3. The summed E-state index contributed by atoms with van der Waals surface area (Å²) in [6.45, 7) is 0.308. The molecule has 0 fully saturated rings. The monoisotopic (exact) mass is 493 g/mol. The second kappa shape index (κ2) is 15.8. The summed E-state index contributed by atoms with van der Waals surface area (Å²) >= 11 is 3.85. The van der Waals surface area contributed by atoms with Crippen molar-refractivity contribution in [3.8, 4) is 0 Å². The Hall–Kier alpha value is -2.91. The summed E-state index contributed by atoms with van der Waals surface area (Å²) in [5.74, 6) is -6.96. The molecule has 0 aromatic rings. The Bertz CT molecular complexity index is 721. The number of hydrogen-bond acceptors (Lipinski definition) is 9. The van der Waals surface area contributed by atoms with E-state index in [1.165, 1.54) is 0 Å². The Morgan fingerprint density at radius 3 is 1.79 bits per heavy atom. The highest BCUT2D eigenvalue weighted by Gasteiger charge is 2.31. The van der Waals surface area contributed by atoms with Crippen molar-refractivity contribution in [1.29, 1.82) is 0 Å². The predicted octanol–water partition coefficient (Wildman–Crippen LogP) is -2.75. The van der Waals surface area contributed by atoms with Crippen molar-refractivity contribution in [3.63, 3.8) is 0 Å². The molecule has 0 heterocycles. The van der Waals surface area contributed by atoms with Crippen LogP contribution in [0.4, 0.5) is 0 Å². The summed E-state index contributed by atoms with van der Waals surface area (Å²) in [7, 11) is 0. The quantitative estimate of drug-likeness (QED) is 0.0741. The zero-order chi connectivity index (χ0) is 25.6. The molecule has 0 saturated carbocycles. The minimum absolute atomic E-state index is 0.0690.